The van der Waals surface area contributed by atoms with Crippen LogP contribution in [0.2, 0.25) is 0 Å². The fourth-order valence-corrected chi connectivity index (χ4v) is 2.08. The Bertz CT molecular complexity index is 862. The molecule has 2 aromatic heterocycles. The third-order valence-corrected chi connectivity index (χ3v) is 3.45. The third-order valence-electron chi connectivity index (χ3n) is 3.45. The molecule has 0 aliphatic heterocycles. The van der Waals surface area contributed by atoms with Gasteiger partial charge in [-0.1, -0.05) is 5.16 Å². The van der Waals surface area contributed by atoms with Crippen molar-refractivity contribution in [2.24, 2.45) is 0 Å². The predicted octanol–water partition coefficient (Wildman–Crippen LogP) is 2.33. The van der Waals surface area contributed by atoms with Gasteiger partial charge in [0.25, 0.3) is 5.89 Å². The zero-order chi connectivity index (χ0) is 16.2. The summed E-state index contributed by atoms with van der Waals surface area (Å²) >= 11 is 0. The van der Waals surface area contributed by atoms with Crippen LogP contribution in [-0.4, -0.2) is 23.2 Å². The summed E-state index contributed by atoms with van der Waals surface area (Å²) in [6, 6.07) is 8.64. The van der Waals surface area contributed by atoms with Gasteiger partial charge >= 0.3 is 5.63 Å². The van der Waals surface area contributed by atoms with Gasteiger partial charge in [-0.15, -0.1) is 12.4 Å². The van der Waals surface area contributed by atoms with Gasteiger partial charge < -0.3 is 19.0 Å². The Balaban J connectivity index is 0.00000208. The Morgan fingerprint density at radius 3 is 2.88 bits per heavy atom. The highest BCUT2D eigenvalue weighted by Crippen LogP contribution is 2.20. The molecule has 8 heteroatoms. The first-order valence-corrected chi connectivity index (χ1v) is 7.29. The molecule has 0 saturated heterocycles. The van der Waals surface area contributed by atoms with E-state index in [1.54, 1.807) is 18.2 Å². The van der Waals surface area contributed by atoms with E-state index in [0.717, 1.165) is 5.39 Å². The maximum absolute atomic E-state index is 11.2. The third kappa shape index (κ3) is 4.33. The smallest absolute Gasteiger partial charge is 0.336 e. The van der Waals surface area contributed by atoms with Crippen LogP contribution >= 0.6 is 12.4 Å². The molecule has 1 aromatic carbocycles. The van der Waals surface area contributed by atoms with Crippen molar-refractivity contribution >= 4 is 23.4 Å². The summed E-state index contributed by atoms with van der Waals surface area (Å²) in [5.74, 6) is 1.60. The fourth-order valence-electron chi connectivity index (χ4n) is 2.08. The van der Waals surface area contributed by atoms with Gasteiger partial charge in [-0.25, -0.2) is 4.79 Å². The van der Waals surface area contributed by atoms with Crippen LogP contribution in [0.5, 0.6) is 5.75 Å². The van der Waals surface area contributed by atoms with Crippen LogP contribution in [0.25, 0.3) is 11.0 Å². The molecule has 0 aliphatic carbocycles. The van der Waals surface area contributed by atoms with Crippen LogP contribution in [0.15, 0.2) is 44.1 Å². The number of hydrogen-bond donors (Lipinski definition) is 1. The Morgan fingerprint density at radius 1 is 1.29 bits per heavy atom. The van der Waals surface area contributed by atoms with Crippen LogP contribution < -0.4 is 15.7 Å². The number of likely N-dealkylation sites (N-methyl/N-ethyl adjacent to an activating group) is 1. The lowest BCUT2D eigenvalue weighted by molar-refractivity contribution is 0.242. The van der Waals surface area contributed by atoms with Crippen LogP contribution in [0.1, 0.15) is 18.6 Å². The lowest BCUT2D eigenvalue weighted by atomic mass is 10.2. The molecule has 1 unspecified atom stereocenters. The second-order valence-electron chi connectivity index (χ2n) is 5.24. The maximum Gasteiger partial charge on any atom is 0.336 e. The minimum absolute atomic E-state index is 0. The summed E-state index contributed by atoms with van der Waals surface area (Å²) in [5, 5.41) is 7.86. The number of fused-ring (bicyclic) bond motifs is 1. The number of nitrogens with zero attached hydrogens (tertiary/aromatic N) is 2. The van der Waals surface area contributed by atoms with Crippen LogP contribution in [0, 0.1) is 0 Å². The minimum atomic E-state index is -0.394. The SMILES string of the molecule is CNC(C)Cc1noc(COc2ccc3ccc(=O)oc3c2)n1.Cl. The van der Waals surface area contributed by atoms with E-state index in [9.17, 15) is 4.79 Å². The Kier molecular flexibility index (Phi) is 5.94. The van der Waals surface area contributed by atoms with Gasteiger partial charge in [0, 0.05) is 30.0 Å². The molecule has 0 fully saturated rings. The zero-order valence-corrected chi connectivity index (χ0v) is 14.1. The molecule has 0 aliphatic rings. The van der Waals surface area contributed by atoms with Crippen LogP contribution in [0.4, 0.5) is 0 Å². The molecule has 2 heterocycles. The number of ether oxygens (including phenoxy) is 1. The molecule has 1 atom stereocenters. The predicted molar refractivity (Wildman–Crippen MR) is 90.6 cm³/mol. The average Bonchev–Trinajstić information content (AvgIpc) is 2.99. The minimum Gasteiger partial charge on any atom is -0.484 e. The van der Waals surface area contributed by atoms with Crippen molar-refractivity contribution in [1.82, 2.24) is 15.5 Å². The summed E-state index contributed by atoms with van der Waals surface area (Å²) in [7, 11) is 1.88. The standard InChI is InChI=1S/C16H17N3O4.ClH/c1-10(17-2)7-14-18-15(23-19-14)9-21-12-5-3-11-4-6-16(20)22-13(11)8-12;/h3-6,8,10,17H,7,9H2,1-2H3;1H. The Labute approximate surface area is 144 Å². The van der Waals surface area contributed by atoms with Gasteiger partial charge in [-0.3, -0.25) is 0 Å². The molecule has 3 rings (SSSR count). The molecule has 0 radical (unpaired) electrons. The van der Waals surface area contributed by atoms with E-state index in [1.807, 2.05) is 20.0 Å². The van der Waals surface area contributed by atoms with E-state index in [0.29, 0.717) is 29.5 Å². The van der Waals surface area contributed by atoms with Crippen molar-refractivity contribution < 1.29 is 13.7 Å². The molecule has 0 bridgehead atoms. The molecular formula is C16H18ClN3O4. The van der Waals surface area contributed by atoms with Crippen molar-refractivity contribution in [1.29, 1.82) is 0 Å². The highest BCUT2D eigenvalue weighted by Gasteiger charge is 2.10. The van der Waals surface area contributed by atoms with Crippen molar-refractivity contribution in [2.45, 2.75) is 26.0 Å². The molecule has 7 nitrogen and oxygen atoms in total. The van der Waals surface area contributed by atoms with Crippen molar-refractivity contribution in [2.75, 3.05) is 7.05 Å². The van der Waals surface area contributed by atoms with E-state index in [4.69, 9.17) is 13.7 Å². The molecule has 1 N–H and O–H groups in total. The molecule has 0 spiro atoms. The lowest BCUT2D eigenvalue weighted by Crippen LogP contribution is -2.24. The number of benzene rings is 1. The van der Waals surface area contributed by atoms with Crippen LogP contribution in [-0.2, 0) is 13.0 Å². The van der Waals surface area contributed by atoms with E-state index in [2.05, 4.69) is 15.5 Å². The highest BCUT2D eigenvalue weighted by molar-refractivity contribution is 5.85. The first kappa shape index (κ1) is 18.0. The summed E-state index contributed by atoms with van der Waals surface area (Å²) in [4.78, 5) is 15.5. The van der Waals surface area contributed by atoms with Gasteiger partial charge in [0.15, 0.2) is 12.4 Å². The highest BCUT2D eigenvalue weighted by atomic mass is 35.5. The number of halogens is 1. The van der Waals surface area contributed by atoms with E-state index < -0.39 is 5.63 Å². The second kappa shape index (κ2) is 7.94. The molecule has 0 saturated carbocycles. The molecule has 3 aromatic rings. The quantitative estimate of drug-likeness (QED) is 0.681. The van der Waals surface area contributed by atoms with E-state index in [-0.39, 0.29) is 25.1 Å². The molecule has 24 heavy (non-hydrogen) atoms. The summed E-state index contributed by atoms with van der Waals surface area (Å²) < 4.78 is 15.9. The number of nitrogens with one attached hydrogen (secondary N) is 1. The Hall–Kier alpha value is -2.38. The topological polar surface area (TPSA) is 90.4 Å². The molecule has 128 valence electrons. The first-order chi connectivity index (χ1) is 11.1. The van der Waals surface area contributed by atoms with Gasteiger partial charge in [-0.2, -0.15) is 4.98 Å². The van der Waals surface area contributed by atoms with Gasteiger partial charge in [-0.05, 0) is 32.2 Å². The molecular weight excluding hydrogens is 334 g/mol. The fraction of sp³-hybridized carbons (Fsp3) is 0.312. The summed E-state index contributed by atoms with van der Waals surface area (Å²) in [6.07, 6.45) is 0.682. The number of hydrogen-bond acceptors (Lipinski definition) is 7. The van der Waals surface area contributed by atoms with Crippen molar-refractivity contribution in [3.63, 3.8) is 0 Å². The zero-order valence-electron chi connectivity index (χ0n) is 13.3. The monoisotopic (exact) mass is 351 g/mol. The normalized spacial score (nSPS) is 11.9. The Morgan fingerprint density at radius 2 is 2.08 bits per heavy atom. The van der Waals surface area contributed by atoms with E-state index >= 15 is 0 Å². The van der Waals surface area contributed by atoms with E-state index in [1.165, 1.54) is 6.07 Å². The maximum atomic E-state index is 11.2. The average molecular weight is 352 g/mol. The largest absolute Gasteiger partial charge is 0.484 e. The second-order valence-corrected chi connectivity index (χ2v) is 5.24. The van der Waals surface area contributed by atoms with Gasteiger partial charge in [0.1, 0.15) is 11.3 Å². The van der Waals surface area contributed by atoms with Crippen LogP contribution in [0.3, 0.4) is 0 Å². The molecule has 0 amide bonds. The summed E-state index contributed by atoms with van der Waals surface area (Å²) in [5.41, 5.74) is 0.0823. The number of aromatic nitrogens is 2. The number of rotatable bonds is 6. The van der Waals surface area contributed by atoms with Crippen molar-refractivity contribution in [3.8, 4) is 5.75 Å². The van der Waals surface area contributed by atoms with Crippen molar-refractivity contribution in [3.05, 3.63) is 52.5 Å². The van der Waals surface area contributed by atoms with Gasteiger partial charge in [0.2, 0.25) is 0 Å². The lowest BCUT2D eigenvalue weighted by Gasteiger charge is -2.05. The summed E-state index contributed by atoms with van der Waals surface area (Å²) in [6.45, 7) is 2.19. The first-order valence-electron chi connectivity index (χ1n) is 7.29. The van der Waals surface area contributed by atoms with Gasteiger partial charge in [0.05, 0.1) is 0 Å².